The summed E-state index contributed by atoms with van der Waals surface area (Å²) in [4.78, 5) is 27.3. The molecular weight excluding hydrogens is 406 g/mol. The molecule has 0 aliphatic rings. The first-order valence-electron chi connectivity index (χ1n) is 8.77. The van der Waals surface area contributed by atoms with E-state index in [-0.39, 0.29) is 17.2 Å². The summed E-state index contributed by atoms with van der Waals surface area (Å²) in [6, 6.07) is 14.1. The van der Waals surface area contributed by atoms with Gasteiger partial charge in [-0.05, 0) is 49.8 Å². The van der Waals surface area contributed by atoms with Crippen molar-refractivity contribution in [3.63, 3.8) is 0 Å². The second-order valence-corrected chi connectivity index (χ2v) is 8.51. The van der Waals surface area contributed by atoms with Crippen LogP contribution in [-0.2, 0) is 0 Å². The minimum Gasteiger partial charge on any atom is -0.351 e. The third-order valence-electron chi connectivity index (χ3n) is 3.98. The topological polar surface area (TPSA) is 61.4 Å². The SMILES string of the molecule is CN(C)CC(C)(C)CNC(=O)c1ccccc1NC(=O)c1cccc(Br)c1. The van der Waals surface area contributed by atoms with Crippen LogP contribution in [0.4, 0.5) is 5.69 Å². The molecule has 0 fully saturated rings. The summed E-state index contributed by atoms with van der Waals surface area (Å²) in [7, 11) is 4.02. The van der Waals surface area contributed by atoms with Crippen molar-refractivity contribution in [3.8, 4) is 0 Å². The number of amides is 2. The van der Waals surface area contributed by atoms with Gasteiger partial charge in [-0.25, -0.2) is 0 Å². The van der Waals surface area contributed by atoms with Crippen LogP contribution in [-0.4, -0.2) is 43.9 Å². The average molecular weight is 432 g/mol. The Morgan fingerprint density at radius 2 is 1.74 bits per heavy atom. The Morgan fingerprint density at radius 3 is 2.41 bits per heavy atom. The fraction of sp³-hybridized carbons (Fsp3) is 0.333. The Kier molecular flexibility index (Phi) is 7.16. The Hall–Kier alpha value is -2.18. The van der Waals surface area contributed by atoms with E-state index >= 15 is 0 Å². The highest BCUT2D eigenvalue weighted by Crippen LogP contribution is 2.19. The minimum atomic E-state index is -0.260. The van der Waals surface area contributed by atoms with E-state index in [9.17, 15) is 9.59 Å². The molecule has 144 valence electrons. The lowest BCUT2D eigenvalue weighted by Gasteiger charge is -2.28. The Morgan fingerprint density at radius 1 is 1.04 bits per heavy atom. The lowest BCUT2D eigenvalue weighted by molar-refractivity contribution is 0.0930. The molecule has 0 unspecified atom stereocenters. The third-order valence-corrected chi connectivity index (χ3v) is 4.47. The van der Waals surface area contributed by atoms with Crippen LogP contribution in [0, 0.1) is 5.41 Å². The van der Waals surface area contributed by atoms with Crippen LogP contribution < -0.4 is 10.6 Å². The minimum absolute atomic E-state index is 0.0618. The van der Waals surface area contributed by atoms with Crippen LogP contribution in [0.25, 0.3) is 0 Å². The smallest absolute Gasteiger partial charge is 0.255 e. The molecule has 27 heavy (non-hydrogen) atoms. The zero-order valence-corrected chi connectivity index (χ0v) is 17.8. The van der Waals surface area contributed by atoms with Gasteiger partial charge in [0, 0.05) is 23.1 Å². The van der Waals surface area contributed by atoms with E-state index in [4.69, 9.17) is 0 Å². The van der Waals surface area contributed by atoms with Crippen LogP contribution in [0.3, 0.4) is 0 Å². The third kappa shape index (κ3) is 6.48. The number of halogens is 1. The molecule has 0 aromatic heterocycles. The summed E-state index contributed by atoms with van der Waals surface area (Å²) in [5.41, 5.74) is 1.40. The number of anilines is 1. The molecule has 0 aliphatic heterocycles. The van der Waals surface area contributed by atoms with Gasteiger partial charge in [-0.1, -0.05) is 48.0 Å². The maximum absolute atomic E-state index is 12.7. The molecule has 0 heterocycles. The molecule has 2 N–H and O–H groups in total. The Balaban J connectivity index is 2.10. The lowest BCUT2D eigenvalue weighted by Crippen LogP contribution is -2.40. The average Bonchev–Trinajstić information content (AvgIpc) is 2.59. The van der Waals surface area contributed by atoms with E-state index < -0.39 is 0 Å². The van der Waals surface area contributed by atoms with Crippen LogP contribution in [0.5, 0.6) is 0 Å². The number of hydrogen-bond acceptors (Lipinski definition) is 3. The predicted molar refractivity (Wildman–Crippen MR) is 113 cm³/mol. The maximum Gasteiger partial charge on any atom is 0.255 e. The van der Waals surface area contributed by atoms with Gasteiger partial charge in [0.05, 0.1) is 11.3 Å². The van der Waals surface area contributed by atoms with Crippen molar-refractivity contribution >= 4 is 33.4 Å². The zero-order valence-electron chi connectivity index (χ0n) is 16.2. The molecule has 0 saturated carbocycles. The summed E-state index contributed by atoms with van der Waals surface area (Å²) in [6.45, 7) is 5.61. The summed E-state index contributed by atoms with van der Waals surface area (Å²) in [6.07, 6.45) is 0. The number of benzene rings is 2. The van der Waals surface area contributed by atoms with E-state index in [0.717, 1.165) is 11.0 Å². The molecule has 0 aliphatic carbocycles. The fourth-order valence-electron chi connectivity index (χ4n) is 2.94. The molecule has 0 spiro atoms. The molecule has 0 bridgehead atoms. The molecule has 6 heteroatoms. The molecule has 0 atom stereocenters. The van der Waals surface area contributed by atoms with Gasteiger partial charge < -0.3 is 15.5 Å². The Bertz CT molecular complexity index is 819. The van der Waals surface area contributed by atoms with Crippen molar-refractivity contribution in [2.75, 3.05) is 32.5 Å². The van der Waals surface area contributed by atoms with Gasteiger partial charge >= 0.3 is 0 Å². The normalized spacial score (nSPS) is 11.3. The molecule has 2 rings (SSSR count). The van der Waals surface area contributed by atoms with Gasteiger partial charge in [0.1, 0.15) is 0 Å². The van der Waals surface area contributed by atoms with Crippen molar-refractivity contribution in [2.45, 2.75) is 13.8 Å². The highest BCUT2D eigenvalue weighted by Gasteiger charge is 2.21. The number of carbonyl (C=O) groups is 2. The van der Waals surface area contributed by atoms with Gasteiger partial charge in [-0.3, -0.25) is 9.59 Å². The van der Waals surface area contributed by atoms with Gasteiger partial charge in [0.2, 0.25) is 0 Å². The number of nitrogens with zero attached hydrogens (tertiary/aromatic N) is 1. The highest BCUT2D eigenvalue weighted by atomic mass is 79.9. The monoisotopic (exact) mass is 431 g/mol. The fourth-order valence-corrected chi connectivity index (χ4v) is 3.34. The second kappa shape index (κ2) is 9.15. The van der Waals surface area contributed by atoms with Crippen LogP contribution >= 0.6 is 15.9 Å². The highest BCUT2D eigenvalue weighted by molar-refractivity contribution is 9.10. The summed E-state index contributed by atoms with van der Waals surface area (Å²) >= 11 is 3.36. The molecule has 2 aromatic rings. The molecule has 2 aromatic carbocycles. The van der Waals surface area contributed by atoms with E-state index in [2.05, 4.69) is 45.3 Å². The zero-order chi connectivity index (χ0) is 20.0. The lowest BCUT2D eigenvalue weighted by atomic mass is 9.93. The largest absolute Gasteiger partial charge is 0.351 e. The maximum atomic E-state index is 12.7. The number of rotatable bonds is 7. The molecular formula is C21H26BrN3O2. The van der Waals surface area contributed by atoms with E-state index in [1.165, 1.54) is 0 Å². The number of para-hydroxylation sites is 1. The number of hydrogen-bond donors (Lipinski definition) is 2. The Labute approximate surface area is 169 Å². The van der Waals surface area contributed by atoms with E-state index in [1.54, 1.807) is 42.5 Å². The van der Waals surface area contributed by atoms with Crippen molar-refractivity contribution in [1.82, 2.24) is 10.2 Å². The predicted octanol–water partition coefficient (Wildman–Crippen LogP) is 4.02. The van der Waals surface area contributed by atoms with Crippen molar-refractivity contribution in [1.29, 1.82) is 0 Å². The molecule has 0 radical (unpaired) electrons. The van der Waals surface area contributed by atoms with Crippen molar-refractivity contribution < 1.29 is 9.59 Å². The number of carbonyl (C=O) groups excluding carboxylic acids is 2. The summed E-state index contributed by atoms with van der Waals surface area (Å²) in [5.74, 6) is -0.462. The van der Waals surface area contributed by atoms with Crippen LogP contribution in [0.15, 0.2) is 53.0 Å². The molecule has 5 nitrogen and oxygen atoms in total. The van der Waals surface area contributed by atoms with E-state index in [0.29, 0.717) is 23.4 Å². The van der Waals surface area contributed by atoms with Crippen molar-refractivity contribution in [3.05, 3.63) is 64.1 Å². The second-order valence-electron chi connectivity index (χ2n) is 7.59. The number of nitrogens with one attached hydrogen (secondary N) is 2. The van der Waals surface area contributed by atoms with Gasteiger partial charge in [0.25, 0.3) is 11.8 Å². The first-order valence-corrected chi connectivity index (χ1v) is 9.56. The molecule has 2 amide bonds. The van der Waals surface area contributed by atoms with E-state index in [1.807, 2.05) is 20.2 Å². The first kappa shape index (κ1) is 21.1. The van der Waals surface area contributed by atoms with Crippen LogP contribution in [0.2, 0.25) is 0 Å². The quantitative estimate of drug-likeness (QED) is 0.695. The van der Waals surface area contributed by atoms with Gasteiger partial charge in [0.15, 0.2) is 0 Å². The van der Waals surface area contributed by atoms with Gasteiger partial charge in [-0.2, -0.15) is 0 Å². The summed E-state index contributed by atoms with van der Waals surface area (Å²) in [5, 5.41) is 5.82. The summed E-state index contributed by atoms with van der Waals surface area (Å²) < 4.78 is 0.823. The first-order chi connectivity index (χ1) is 12.7. The van der Waals surface area contributed by atoms with Crippen LogP contribution in [0.1, 0.15) is 34.6 Å². The van der Waals surface area contributed by atoms with Crippen molar-refractivity contribution in [2.24, 2.45) is 5.41 Å². The standard InChI is InChI=1S/C21H26BrN3O2/c1-21(2,14-25(3)4)13-23-20(27)17-10-5-6-11-18(17)24-19(26)15-8-7-9-16(22)12-15/h5-12H,13-14H2,1-4H3,(H,23,27)(H,24,26). The molecule has 0 saturated heterocycles. The van der Waals surface area contributed by atoms with Gasteiger partial charge in [-0.15, -0.1) is 0 Å².